The number of thiazole rings is 1. The molecule has 0 radical (unpaired) electrons. The number of methoxy groups -OCH3 is 1. The number of esters is 2. The van der Waals surface area contributed by atoms with Crippen molar-refractivity contribution in [3.63, 3.8) is 0 Å². The molecule has 8 nitrogen and oxygen atoms in total. The lowest BCUT2D eigenvalue weighted by Crippen LogP contribution is -2.40. The zero-order chi connectivity index (χ0) is 27.6. The van der Waals surface area contributed by atoms with Gasteiger partial charge in [0.15, 0.2) is 16.3 Å². The maximum Gasteiger partial charge on any atom is 0.338 e. The Morgan fingerprint density at radius 1 is 1.11 bits per heavy atom. The maximum absolute atomic E-state index is 13.8. The van der Waals surface area contributed by atoms with Crippen LogP contribution in [0.2, 0.25) is 0 Å². The van der Waals surface area contributed by atoms with Crippen molar-refractivity contribution in [2.24, 2.45) is 10.9 Å². The third kappa shape index (κ3) is 5.62. The van der Waals surface area contributed by atoms with Gasteiger partial charge >= 0.3 is 11.9 Å². The van der Waals surface area contributed by atoms with Gasteiger partial charge in [0.1, 0.15) is 0 Å². The van der Waals surface area contributed by atoms with Crippen molar-refractivity contribution in [3.8, 4) is 11.5 Å². The van der Waals surface area contributed by atoms with Crippen LogP contribution in [0.15, 0.2) is 63.5 Å². The maximum atomic E-state index is 13.8. The number of aryl methyl sites for hydroxylation is 1. The zero-order valence-electron chi connectivity index (χ0n) is 22.2. The zero-order valence-corrected chi connectivity index (χ0v) is 23.0. The van der Waals surface area contributed by atoms with Crippen LogP contribution in [0.25, 0.3) is 6.08 Å². The number of fused-ring (bicyclic) bond motifs is 1. The first-order valence-electron chi connectivity index (χ1n) is 12.2. The van der Waals surface area contributed by atoms with E-state index in [2.05, 4.69) is 4.99 Å². The molecule has 0 saturated carbocycles. The molecule has 0 fully saturated rings. The van der Waals surface area contributed by atoms with E-state index >= 15 is 0 Å². The summed E-state index contributed by atoms with van der Waals surface area (Å²) in [7, 11) is 1.46. The van der Waals surface area contributed by atoms with Crippen LogP contribution in [0.4, 0.5) is 0 Å². The van der Waals surface area contributed by atoms with Crippen LogP contribution in [0.3, 0.4) is 0 Å². The van der Waals surface area contributed by atoms with Gasteiger partial charge in [0.2, 0.25) is 0 Å². The summed E-state index contributed by atoms with van der Waals surface area (Å²) in [4.78, 5) is 43.8. The normalized spacial score (nSPS) is 15.2. The number of hydrogen-bond acceptors (Lipinski definition) is 8. The van der Waals surface area contributed by atoms with E-state index in [-0.39, 0.29) is 29.4 Å². The Kier molecular flexibility index (Phi) is 7.97. The summed E-state index contributed by atoms with van der Waals surface area (Å²) in [5.74, 6) is -0.365. The summed E-state index contributed by atoms with van der Waals surface area (Å²) in [6.07, 6.45) is 1.82. The molecule has 38 heavy (non-hydrogen) atoms. The smallest absolute Gasteiger partial charge is 0.338 e. The van der Waals surface area contributed by atoms with Crippen LogP contribution in [0, 0.1) is 12.8 Å². The minimum Gasteiger partial charge on any atom is -0.493 e. The molecule has 1 aliphatic rings. The molecule has 4 rings (SSSR count). The Balaban J connectivity index is 1.92. The monoisotopic (exact) mass is 534 g/mol. The highest BCUT2D eigenvalue weighted by molar-refractivity contribution is 7.07. The Hall–Kier alpha value is -3.98. The molecule has 0 spiro atoms. The topological polar surface area (TPSA) is 96.2 Å². The molecule has 0 unspecified atom stereocenters. The predicted molar refractivity (Wildman–Crippen MR) is 145 cm³/mol. The minimum absolute atomic E-state index is 0.136. The summed E-state index contributed by atoms with van der Waals surface area (Å²) in [5.41, 5.74) is 3.06. The second kappa shape index (κ2) is 11.2. The number of hydrogen-bond donors (Lipinski definition) is 0. The van der Waals surface area contributed by atoms with Gasteiger partial charge in [-0.2, -0.15) is 0 Å². The minimum atomic E-state index is -0.814. The lowest BCUT2D eigenvalue weighted by atomic mass is 9.95. The van der Waals surface area contributed by atoms with Gasteiger partial charge in [0.05, 0.1) is 35.6 Å². The van der Waals surface area contributed by atoms with Crippen LogP contribution in [0.1, 0.15) is 50.4 Å². The molecule has 2 heterocycles. The lowest BCUT2D eigenvalue weighted by Gasteiger charge is -2.25. The van der Waals surface area contributed by atoms with E-state index in [1.54, 1.807) is 25.1 Å². The molecule has 0 amide bonds. The summed E-state index contributed by atoms with van der Waals surface area (Å²) in [6.45, 7) is 9.17. The SMILES string of the molecule is COc1cc([C@H]2C(C(=O)OCC(C)C)=C(C)N=c3s/c(=C\c4ccc(C)cc4)c(=O)n32)ccc1OC(C)=O. The van der Waals surface area contributed by atoms with Gasteiger partial charge in [-0.1, -0.05) is 61.1 Å². The molecule has 0 aliphatic carbocycles. The molecule has 0 bridgehead atoms. The van der Waals surface area contributed by atoms with Crippen molar-refractivity contribution < 1.29 is 23.8 Å². The highest BCUT2D eigenvalue weighted by Gasteiger charge is 2.34. The first kappa shape index (κ1) is 27.1. The molecular weight excluding hydrogens is 504 g/mol. The van der Waals surface area contributed by atoms with Crippen molar-refractivity contribution in [1.82, 2.24) is 4.57 Å². The summed E-state index contributed by atoms with van der Waals surface area (Å²) >= 11 is 1.26. The molecular formula is C29H30N2O6S. The molecule has 3 aromatic rings. The molecule has 0 N–H and O–H groups in total. The summed E-state index contributed by atoms with van der Waals surface area (Å²) < 4.78 is 18.3. The molecule has 198 valence electrons. The molecule has 9 heteroatoms. The second-order valence-electron chi connectivity index (χ2n) is 9.49. The number of rotatable bonds is 7. The number of nitrogens with zero attached hydrogens (tertiary/aromatic N) is 2. The fourth-order valence-corrected chi connectivity index (χ4v) is 5.17. The van der Waals surface area contributed by atoms with Crippen LogP contribution < -0.4 is 24.4 Å². The van der Waals surface area contributed by atoms with Gasteiger partial charge in [-0.15, -0.1) is 0 Å². The first-order valence-corrected chi connectivity index (χ1v) is 13.0. The Bertz CT molecular complexity index is 1600. The predicted octanol–water partition coefficient (Wildman–Crippen LogP) is 3.68. The van der Waals surface area contributed by atoms with Crippen molar-refractivity contribution >= 4 is 29.4 Å². The van der Waals surface area contributed by atoms with Crippen molar-refractivity contribution in [2.75, 3.05) is 13.7 Å². The quantitative estimate of drug-likeness (QED) is 0.339. The van der Waals surface area contributed by atoms with E-state index in [0.717, 1.165) is 11.1 Å². The van der Waals surface area contributed by atoms with Gasteiger partial charge in [0, 0.05) is 6.92 Å². The fraction of sp³-hybridized carbons (Fsp3) is 0.310. The van der Waals surface area contributed by atoms with Gasteiger partial charge < -0.3 is 14.2 Å². The van der Waals surface area contributed by atoms with Crippen LogP contribution in [0.5, 0.6) is 11.5 Å². The Morgan fingerprint density at radius 3 is 2.45 bits per heavy atom. The van der Waals surface area contributed by atoms with E-state index in [4.69, 9.17) is 14.2 Å². The first-order chi connectivity index (χ1) is 18.1. The number of aromatic nitrogens is 1. The third-order valence-electron chi connectivity index (χ3n) is 5.92. The Labute approximate surface area is 224 Å². The lowest BCUT2D eigenvalue weighted by molar-refractivity contribution is -0.140. The average Bonchev–Trinajstić information content (AvgIpc) is 3.17. The summed E-state index contributed by atoms with van der Waals surface area (Å²) in [6, 6.07) is 12.0. The third-order valence-corrected chi connectivity index (χ3v) is 6.90. The molecule has 1 aliphatic heterocycles. The van der Waals surface area contributed by atoms with Gasteiger partial charge in [-0.05, 0) is 49.1 Å². The van der Waals surface area contributed by atoms with Crippen LogP contribution in [-0.4, -0.2) is 30.2 Å². The standard InChI is InChI=1S/C29H30N2O6S/c1-16(2)15-36-28(34)25-18(4)30-29-31(27(33)24(38-29)13-20-9-7-17(3)8-10-20)26(25)21-11-12-22(37-19(5)32)23(14-21)35-6/h7-14,16,26H,15H2,1-6H3/b24-13-/t26-/m0/s1. The molecule has 2 aromatic carbocycles. The number of allylic oxidation sites excluding steroid dienone is 1. The highest BCUT2D eigenvalue weighted by atomic mass is 32.1. The van der Waals surface area contributed by atoms with E-state index in [1.807, 2.05) is 51.1 Å². The van der Waals surface area contributed by atoms with Crippen LogP contribution >= 0.6 is 11.3 Å². The number of ether oxygens (including phenoxy) is 3. The van der Waals surface area contributed by atoms with E-state index < -0.39 is 18.0 Å². The number of benzene rings is 2. The Morgan fingerprint density at radius 2 is 1.82 bits per heavy atom. The van der Waals surface area contributed by atoms with Gasteiger partial charge in [-0.3, -0.25) is 14.2 Å². The average molecular weight is 535 g/mol. The largest absolute Gasteiger partial charge is 0.493 e. The van der Waals surface area contributed by atoms with E-state index in [1.165, 1.54) is 29.9 Å². The summed E-state index contributed by atoms with van der Waals surface area (Å²) in [5, 5.41) is 0. The molecule has 1 atom stereocenters. The second-order valence-corrected chi connectivity index (χ2v) is 10.5. The van der Waals surface area contributed by atoms with E-state index in [0.29, 0.717) is 26.3 Å². The van der Waals surface area contributed by atoms with E-state index in [9.17, 15) is 14.4 Å². The van der Waals surface area contributed by atoms with Crippen LogP contribution in [-0.2, 0) is 14.3 Å². The van der Waals surface area contributed by atoms with Gasteiger partial charge in [0.25, 0.3) is 5.56 Å². The van der Waals surface area contributed by atoms with Gasteiger partial charge in [-0.25, -0.2) is 9.79 Å². The fourth-order valence-electron chi connectivity index (χ4n) is 4.13. The van der Waals surface area contributed by atoms with Crippen molar-refractivity contribution in [3.05, 3.63) is 90.1 Å². The number of carbonyl (C=O) groups is 2. The number of carbonyl (C=O) groups excluding carboxylic acids is 2. The molecule has 1 aromatic heterocycles. The van der Waals surface area contributed by atoms with Crippen molar-refractivity contribution in [1.29, 1.82) is 0 Å². The van der Waals surface area contributed by atoms with Crippen molar-refractivity contribution in [2.45, 2.75) is 40.7 Å². The highest BCUT2D eigenvalue weighted by Crippen LogP contribution is 2.36. The molecule has 0 saturated heterocycles.